The van der Waals surface area contributed by atoms with Gasteiger partial charge in [-0.2, -0.15) is 0 Å². The normalized spacial score (nSPS) is 22.3. The van der Waals surface area contributed by atoms with Crippen LogP contribution in [0, 0.1) is 5.82 Å². The molecule has 7 heteroatoms. The molecule has 2 rings (SSSR count). The average Bonchev–Trinajstić information content (AvgIpc) is 2.58. The lowest BCUT2D eigenvalue weighted by Crippen LogP contribution is -2.47. The Morgan fingerprint density at radius 3 is 2.80 bits per heavy atom. The molecule has 108 valence electrons. The number of hydrogen-bond acceptors (Lipinski definition) is 3. The molecule has 0 saturated carbocycles. The van der Waals surface area contributed by atoms with E-state index >= 15 is 0 Å². The van der Waals surface area contributed by atoms with Gasteiger partial charge in [0.2, 0.25) is 0 Å². The van der Waals surface area contributed by atoms with E-state index in [9.17, 15) is 14.0 Å². The van der Waals surface area contributed by atoms with E-state index in [1.165, 1.54) is 25.3 Å². The van der Waals surface area contributed by atoms with Crippen molar-refractivity contribution >= 4 is 27.9 Å². The van der Waals surface area contributed by atoms with Crippen molar-refractivity contribution in [1.29, 1.82) is 0 Å². The van der Waals surface area contributed by atoms with Gasteiger partial charge in [0, 0.05) is 11.6 Å². The van der Waals surface area contributed by atoms with Crippen LogP contribution in [0.1, 0.15) is 12.5 Å². The van der Waals surface area contributed by atoms with Crippen molar-refractivity contribution in [3.63, 3.8) is 0 Å². The lowest BCUT2D eigenvalue weighted by Gasteiger charge is -2.20. The Morgan fingerprint density at radius 1 is 1.45 bits per heavy atom. The first-order valence-corrected chi connectivity index (χ1v) is 6.73. The number of benzene rings is 1. The number of amides is 3. The van der Waals surface area contributed by atoms with Crippen molar-refractivity contribution in [2.24, 2.45) is 0 Å². The highest BCUT2D eigenvalue weighted by Crippen LogP contribution is 2.24. The number of carbonyl (C=O) groups excluding carboxylic acids is 2. The largest absolute Gasteiger partial charge is 0.382 e. The molecule has 20 heavy (non-hydrogen) atoms. The molecule has 1 aliphatic rings. The van der Waals surface area contributed by atoms with E-state index in [-0.39, 0.29) is 19.1 Å². The molecule has 0 bridgehead atoms. The maximum Gasteiger partial charge on any atom is 0.325 e. The number of nitrogens with zero attached hydrogens (tertiary/aromatic N) is 1. The van der Waals surface area contributed by atoms with E-state index in [0.29, 0.717) is 10.0 Å². The van der Waals surface area contributed by atoms with Crippen LogP contribution >= 0.6 is 15.9 Å². The first-order chi connectivity index (χ1) is 9.37. The van der Waals surface area contributed by atoms with Gasteiger partial charge < -0.3 is 10.1 Å². The average molecular weight is 345 g/mol. The molecule has 0 spiro atoms. The molecule has 0 radical (unpaired) electrons. The fourth-order valence-corrected chi connectivity index (χ4v) is 2.48. The van der Waals surface area contributed by atoms with Crippen molar-refractivity contribution in [3.05, 3.63) is 34.1 Å². The van der Waals surface area contributed by atoms with Crippen LogP contribution in [0.25, 0.3) is 0 Å². The maximum absolute atomic E-state index is 13.2. The van der Waals surface area contributed by atoms with Crippen molar-refractivity contribution < 1.29 is 18.7 Å². The highest BCUT2D eigenvalue weighted by molar-refractivity contribution is 9.10. The Balaban J connectivity index is 2.23. The van der Waals surface area contributed by atoms with Crippen LogP contribution in [0.3, 0.4) is 0 Å². The molecule has 1 aromatic carbocycles. The predicted molar refractivity (Wildman–Crippen MR) is 73.5 cm³/mol. The molecule has 0 aromatic heterocycles. The van der Waals surface area contributed by atoms with Gasteiger partial charge >= 0.3 is 6.03 Å². The summed E-state index contributed by atoms with van der Waals surface area (Å²) >= 11 is 3.28. The number of urea groups is 1. The number of hydrogen-bond donors (Lipinski definition) is 1. The molecule has 1 fully saturated rings. The molecule has 3 amide bonds. The SMILES string of the molecule is COC[C@]1(C)NC(=O)N(Cc2cc(F)ccc2Br)C1=O. The summed E-state index contributed by atoms with van der Waals surface area (Å²) in [6.07, 6.45) is 0. The predicted octanol–water partition coefficient (Wildman–Crippen LogP) is 2.05. The smallest absolute Gasteiger partial charge is 0.325 e. The van der Waals surface area contributed by atoms with E-state index in [2.05, 4.69) is 21.2 Å². The molecule has 1 heterocycles. The molecule has 0 aliphatic carbocycles. The van der Waals surface area contributed by atoms with Gasteiger partial charge in [0.05, 0.1) is 13.2 Å². The second-order valence-electron chi connectivity index (χ2n) is 4.82. The summed E-state index contributed by atoms with van der Waals surface area (Å²) in [5, 5.41) is 2.59. The zero-order valence-corrected chi connectivity index (χ0v) is 12.7. The first kappa shape index (κ1) is 14.9. The Morgan fingerprint density at radius 2 is 2.15 bits per heavy atom. The third-order valence-corrected chi connectivity index (χ3v) is 3.89. The summed E-state index contributed by atoms with van der Waals surface area (Å²) in [5.74, 6) is -0.810. The standard InChI is InChI=1S/C13H14BrFN2O3/c1-13(7-20-2)11(18)17(12(19)16-13)6-8-5-9(15)3-4-10(8)14/h3-5H,6-7H2,1-2H3,(H,16,19)/t13-/m0/s1. The van der Waals surface area contributed by atoms with Gasteiger partial charge in [0.1, 0.15) is 11.4 Å². The van der Waals surface area contributed by atoms with Crippen molar-refractivity contribution in [2.45, 2.75) is 19.0 Å². The Kier molecular flexibility index (Phi) is 4.10. The zero-order valence-electron chi connectivity index (χ0n) is 11.1. The Hall–Kier alpha value is -1.47. The summed E-state index contributed by atoms with van der Waals surface area (Å²) in [5.41, 5.74) is -0.554. The van der Waals surface area contributed by atoms with Gasteiger partial charge in [-0.1, -0.05) is 15.9 Å². The fraction of sp³-hybridized carbons (Fsp3) is 0.385. The van der Waals surface area contributed by atoms with Gasteiger partial charge in [-0.25, -0.2) is 9.18 Å². The summed E-state index contributed by atoms with van der Waals surface area (Å²) in [6.45, 7) is 1.68. The van der Waals surface area contributed by atoms with E-state index < -0.39 is 17.4 Å². The van der Waals surface area contributed by atoms with Gasteiger partial charge in [0.15, 0.2) is 0 Å². The molecule has 0 unspecified atom stereocenters. The van der Waals surface area contributed by atoms with Crippen LogP contribution in [0.4, 0.5) is 9.18 Å². The number of imide groups is 1. The minimum atomic E-state index is -1.08. The molecule has 1 N–H and O–H groups in total. The lowest BCUT2D eigenvalue weighted by molar-refractivity contribution is -0.132. The third kappa shape index (κ3) is 2.69. The summed E-state index contributed by atoms with van der Waals surface area (Å²) in [6, 6.07) is 3.62. The minimum absolute atomic E-state index is 0.00230. The molecule has 5 nitrogen and oxygen atoms in total. The number of carbonyl (C=O) groups is 2. The third-order valence-electron chi connectivity index (χ3n) is 3.11. The summed E-state index contributed by atoms with van der Waals surface area (Å²) in [4.78, 5) is 25.2. The number of nitrogens with one attached hydrogen (secondary N) is 1. The van der Waals surface area contributed by atoms with Gasteiger partial charge in [-0.3, -0.25) is 9.69 Å². The molecule has 1 aromatic rings. The van der Waals surface area contributed by atoms with Crippen LogP contribution in [0.5, 0.6) is 0 Å². The highest BCUT2D eigenvalue weighted by atomic mass is 79.9. The molecular formula is C13H14BrFN2O3. The van der Waals surface area contributed by atoms with E-state index in [1.807, 2.05) is 0 Å². The molecular weight excluding hydrogens is 331 g/mol. The lowest BCUT2D eigenvalue weighted by atomic mass is 10.0. The van der Waals surface area contributed by atoms with Crippen LogP contribution in [0.15, 0.2) is 22.7 Å². The number of halogens is 2. The Bertz CT molecular complexity index is 567. The van der Waals surface area contributed by atoms with Gasteiger partial charge in [0.25, 0.3) is 5.91 Å². The second-order valence-corrected chi connectivity index (χ2v) is 5.68. The van der Waals surface area contributed by atoms with E-state index in [0.717, 1.165) is 4.90 Å². The number of ether oxygens (including phenoxy) is 1. The maximum atomic E-state index is 13.2. The first-order valence-electron chi connectivity index (χ1n) is 5.94. The van der Waals surface area contributed by atoms with Gasteiger partial charge in [-0.15, -0.1) is 0 Å². The fourth-order valence-electron chi connectivity index (χ4n) is 2.11. The van der Waals surface area contributed by atoms with E-state index in [1.54, 1.807) is 6.92 Å². The number of methoxy groups -OCH3 is 1. The van der Waals surface area contributed by atoms with Crippen molar-refractivity contribution in [1.82, 2.24) is 10.2 Å². The topological polar surface area (TPSA) is 58.6 Å². The van der Waals surface area contributed by atoms with E-state index in [4.69, 9.17) is 4.74 Å². The monoisotopic (exact) mass is 344 g/mol. The quantitative estimate of drug-likeness (QED) is 0.850. The number of rotatable bonds is 4. The van der Waals surface area contributed by atoms with Crippen molar-refractivity contribution in [2.75, 3.05) is 13.7 Å². The summed E-state index contributed by atoms with van der Waals surface area (Å²) in [7, 11) is 1.45. The summed E-state index contributed by atoms with van der Waals surface area (Å²) < 4.78 is 18.8. The van der Waals surface area contributed by atoms with Crippen LogP contribution in [0.2, 0.25) is 0 Å². The molecule has 1 saturated heterocycles. The molecule has 1 atom stereocenters. The minimum Gasteiger partial charge on any atom is -0.382 e. The second kappa shape index (κ2) is 5.49. The van der Waals surface area contributed by atoms with Gasteiger partial charge in [-0.05, 0) is 30.7 Å². The zero-order chi connectivity index (χ0) is 14.9. The van der Waals surface area contributed by atoms with Crippen molar-refractivity contribution in [3.8, 4) is 0 Å². The van der Waals surface area contributed by atoms with Crippen LogP contribution < -0.4 is 5.32 Å². The van der Waals surface area contributed by atoms with Crippen LogP contribution in [-0.4, -0.2) is 36.1 Å². The van der Waals surface area contributed by atoms with Crippen LogP contribution in [-0.2, 0) is 16.1 Å². The molecule has 1 aliphatic heterocycles. The Labute approximate surface area is 124 Å². The highest BCUT2D eigenvalue weighted by Gasteiger charge is 2.47.